The fraction of sp³-hybridized carbons (Fsp3) is 0.579. The molecule has 6 heteroatoms. The SMILES string of the molecule is COc1ccc(OCCN(C)CN2C(=O)CC3(CCCC3)C2=O)cc1. The summed E-state index contributed by atoms with van der Waals surface area (Å²) in [4.78, 5) is 28.3. The number of carbonyl (C=O) groups is 2. The summed E-state index contributed by atoms with van der Waals surface area (Å²) in [6.07, 6.45) is 4.22. The van der Waals surface area contributed by atoms with E-state index in [1.54, 1.807) is 7.11 Å². The normalized spacial score (nSPS) is 19.2. The van der Waals surface area contributed by atoms with Gasteiger partial charge in [0.15, 0.2) is 0 Å². The summed E-state index contributed by atoms with van der Waals surface area (Å²) in [5.41, 5.74) is -0.391. The Labute approximate surface area is 148 Å². The number of likely N-dealkylation sites (N-methyl/N-ethyl adjacent to an activating group) is 1. The van der Waals surface area contributed by atoms with Crippen molar-refractivity contribution in [3.05, 3.63) is 24.3 Å². The van der Waals surface area contributed by atoms with Gasteiger partial charge in [-0.2, -0.15) is 0 Å². The summed E-state index contributed by atoms with van der Waals surface area (Å²) in [7, 11) is 3.53. The summed E-state index contributed by atoms with van der Waals surface area (Å²) >= 11 is 0. The van der Waals surface area contributed by atoms with Crippen LogP contribution in [0.5, 0.6) is 11.5 Å². The number of likely N-dealkylation sites (tertiary alicyclic amines) is 1. The number of amides is 2. The van der Waals surface area contributed by atoms with Crippen molar-refractivity contribution in [3.8, 4) is 11.5 Å². The molecule has 0 N–H and O–H groups in total. The third-order valence-corrected chi connectivity index (χ3v) is 5.23. The van der Waals surface area contributed by atoms with Gasteiger partial charge in [-0.3, -0.25) is 19.4 Å². The van der Waals surface area contributed by atoms with Gasteiger partial charge < -0.3 is 9.47 Å². The maximum Gasteiger partial charge on any atom is 0.237 e. The minimum Gasteiger partial charge on any atom is -0.497 e. The minimum atomic E-state index is -0.391. The molecule has 1 aromatic rings. The van der Waals surface area contributed by atoms with Gasteiger partial charge in [-0.1, -0.05) is 12.8 Å². The maximum atomic E-state index is 12.7. The number of rotatable bonds is 7. The first-order valence-electron chi connectivity index (χ1n) is 8.84. The average molecular weight is 346 g/mol. The molecule has 1 aliphatic heterocycles. The Kier molecular flexibility index (Phi) is 5.27. The van der Waals surface area contributed by atoms with Crippen LogP contribution in [0.4, 0.5) is 0 Å². The molecule has 0 bridgehead atoms. The molecule has 2 amide bonds. The van der Waals surface area contributed by atoms with Crippen LogP contribution >= 0.6 is 0 Å². The van der Waals surface area contributed by atoms with Crippen molar-refractivity contribution < 1.29 is 19.1 Å². The highest BCUT2D eigenvalue weighted by molar-refractivity contribution is 6.06. The van der Waals surface area contributed by atoms with E-state index in [0.717, 1.165) is 37.2 Å². The number of carbonyl (C=O) groups excluding carboxylic acids is 2. The second kappa shape index (κ2) is 7.44. The van der Waals surface area contributed by atoms with Crippen molar-refractivity contribution in [2.75, 3.05) is 34.0 Å². The van der Waals surface area contributed by atoms with Gasteiger partial charge in [0.2, 0.25) is 11.8 Å². The molecule has 1 heterocycles. The monoisotopic (exact) mass is 346 g/mol. The van der Waals surface area contributed by atoms with Crippen molar-refractivity contribution in [3.63, 3.8) is 0 Å². The molecule has 0 unspecified atom stereocenters. The van der Waals surface area contributed by atoms with Crippen LogP contribution in [-0.4, -0.2) is 55.6 Å². The van der Waals surface area contributed by atoms with Crippen LogP contribution in [0.15, 0.2) is 24.3 Å². The molecule has 2 fully saturated rings. The second-order valence-corrected chi connectivity index (χ2v) is 7.04. The van der Waals surface area contributed by atoms with Crippen LogP contribution in [0.25, 0.3) is 0 Å². The van der Waals surface area contributed by atoms with Crippen molar-refractivity contribution in [2.24, 2.45) is 5.41 Å². The van der Waals surface area contributed by atoms with E-state index in [1.165, 1.54) is 4.90 Å². The van der Waals surface area contributed by atoms with E-state index < -0.39 is 5.41 Å². The van der Waals surface area contributed by atoms with Gasteiger partial charge >= 0.3 is 0 Å². The van der Waals surface area contributed by atoms with E-state index in [1.807, 2.05) is 36.2 Å². The Morgan fingerprint density at radius 3 is 2.40 bits per heavy atom. The third-order valence-electron chi connectivity index (χ3n) is 5.23. The van der Waals surface area contributed by atoms with E-state index in [9.17, 15) is 9.59 Å². The zero-order chi connectivity index (χ0) is 17.9. The number of imide groups is 1. The van der Waals surface area contributed by atoms with Gasteiger partial charge in [0.05, 0.1) is 19.2 Å². The lowest BCUT2D eigenvalue weighted by molar-refractivity contribution is -0.143. The molecule has 6 nitrogen and oxygen atoms in total. The fourth-order valence-corrected chi connectivity index (χ4v) is 3.75. The Morgan fingerprint density at radius 1 is 1.12 bits per heavy atom. The lowest BCUT2D eigenvalue weighted by Crippen LogP contribution is -2.42. The van der Waals surface area contributed by atoms with Crippen molar-refractivity contribution in [1.29, 1.82) is 0 Å². The van der Waals surface area contributed by atoms with Gasteiger partial charge in [0.1, 0.15) is 18.1 Å². The molecule has 25 heavy (non-hydrogen) atoms. The molecule has 136 valence electrons. The number of ether oxygens (including phenoxy) is 2. The standard InChI is InChI=1S/C19H26N2O4/c1-20(11-12-25-16-7-5-15(24-2)6-8-16)14-21-17(22)13-19(18(21)23)9-3-4-10-19/h5-8H,3-4,9-14H2,1-2H3. The second-order valence-electron chi connectivity index (χ2n) is 7.04. The molecule has 1 aromatic carbocycles. The molecule has 3 rings (SSSR count). The Morgan fingerprint density at radius 2 is 1.76 bits per heavy atom. The van der Waals surface area contributed by atoms with E-state index in [-0.39, 0.29) is 11.8 Å². The quantitative estimate of drug-likeness (QED) is 0.709. The molecule has 1 saturated carbocycles. The fourth-order valence-electron chi connectivity index (χ4n) is 3.75. The van der Waals surface area contributed by atoms with Crippen LogP contribution in [0.3, 0.4) is 0 Å². The smallest absolute Gasteiger partial charge is 0.237 e. The summed E-state index contributed by atoms with van der Waals surface area (Å²) in [6.45, 7) is 1.46. The van der Waals surface area contributed by atoms with E-state index in [4.69, 9.17) is 9.47 Å². The predicted molar refractivity (Wildman–Crippen MR) is 93.4 cm³/mol. The van der Waals surface area contributed by atoms with E-state index in [0.29, 0.717) is 26.2 Å². The van der Waals surface area contributed by atoms with Crippen molar-refractivity contribution >= 4 is 11.8 Å². The van der Waals surface area contributed by atoms with Crippen LogP contribution in [0.1, 0.15) is 32.1 Å². The van der Waals surface area contributed by atoms with Crippen LogP contribution < -0.4 is 9.47 Å². The number of hydrogen-bond donors (Lipinski definition) is 0. The molecule has 0 aromatic heterocycles. The van der Waals surface area contributed by atoms with Gasteiger partial charge in [-0.25, -0.2) is 0 Å². The minimum absolute atomic E-state index is 0.0259. The van der Waals surface area contributed by atoms with E-state index in [2.05, 4.69) is 0 Å². The lowest BCUT2D eigenvalue weighted by atomic mass is 9.85. The van der Waals surface area contributed by atoms with Crippen molar-refractivity contribution in [1.82, 2.24) is 9.80 Å². The van der Waals surface area contributed by atoms with Gasteiger partial charge in [-0.15, -0.1) is 0 Å². The van der Waals surface area contributed by atoms with Crippen LogP contribution in [-0.2, 0) is 9.59 Å². The number of hydrogen-bond acceptors (Lipinski definition) is 5. The van der Waals surface area contributed by atoms with Crippen LogP contribution in [0.2, 0.25) is 0 Å². The highest BCUT2D eigenvalue weighted by Gasteiger charge is 2.52. The summed E-state index contributed by atoms with van der Waals surface area (Å²) in [5, 5.41) is 0. The molecule has 0 atom stereocenters. The van der Waals surface area contributed by atoms with Gasteiger partial charge in [-0.05, 0) is 44.2 Å². The Balaban J connectivity index is 1.46. The zero-order valence-corrected chi connectivity index (χ0v) is 15.0. The average Bonchev–Trinajstić information content (AvgIpc) is 3.17. The highest BCUT2D eigenvalue weighted by atomic mass is 16.5. The summed E-state index contributed by atoms with van der Waals surface area (Å²) in [6, 6.07) is 7.41. The molecule has 1 spiro atoms. The van der Waals surface area contributed by atoms with Gasteiger partial charge in [0.25, 0.3) is 0 Å². The molecule has 0 radical (unpaired) electrons. The first-order valence-corrected chi connectivity index (χ1v) is 8.84. The molecule has 1 aliphatic carbocycles. The topological polar surface area (TPSA) is 59.1 Å². The zero-order valence-electron chi connectivity index (χ0n) is 15.0. The third kappa shape index (κ3) is 3.79. The predicted octanol–water partition coefficient (Wildman–Crippen LogP) is 2.28. The molecular formula is C19H26N2O4. The van der Waals surface area contributed by atoms with Crippen LogP contribution in [0, 0.1) is 5.41 Å². The van der Waals surface area contributed by atoms with E-state index >= 15 is 0 Å². The summed E-state index contributed by atoms with van der Waals surface area (Å²) in [5.74, 6) is 1.55. The maximum absolute atomic E-state index is 12.7. The largest absolute Gasteiger partial charge is 0.497 e. The van der Waals surface area contributed by atoms with Crippen molar-refractivity contribution in [2.45, 2.75) is 32.1 Å². The number of methoxy groups -OCH3 is 1. The Bertz CT molecular complexity index is 623. The Hall–Kier alpha value is -2.08. The first kappa shape index (κ1) is 17.7. The highest BCUT2D eigenvalue weighted by Crippen LogP contribution is 2.46. The van der Waals surface area contributed by atoms with Gasteiger partial charge in [0, 0.05) is 13.0 Å². The molecule has 1 saturated heterocycles. The number of nitrogens with zero attached hydrogens (tertiary/aromatic N) is 2. The molecule has 2 aliphatic rings. The summed E-state index contributed by atoms with van der Waals surface area (Å²) < 4.78 is 10.8. The lowest BCUT2D eigenvalue weighted by Gasteiger charge is -2.25. The number of benzene rings is 1. The first-order chi connectivity index (χ1) is 12.0. The molecular weight excluding hydrogens is 320 g/mol.